The molecule has 0 bridgehead atoms. The number of nitrogens with one attached hydrogen (secondary N) is 1. The van der Waals surface area contributed by atoms with Crippen LogP contribution in [0.3, 0.4) is 0 Å². The van der Waals surface area contributed by atoms with E-state index in [1.165, 1.54) is 10.0 Å². The molecule has 1 aliphatic rings. The lowest BCUT2D eigenvalue weighted by atomic mass is 10.0. The third-order valence-corrected chi connectivity index (χ3v) is 8.07. The van der Waals surface area contributed by atoms with Crippen LogP contribution in [0.1, 0.15) is 43.0 Å². The monoisotopic (exact) mass is 524 g/mol. The summed E-state index contributed by atoms with van der Waals surface area (Å²) in [5.41, 5.74) is 2.81. The number of esters is 1. The van der Waals surface area contributed by atoms with E-state index in [4.69, 9.17) is 9.47 Å². The Morgan fingerprint density at radius 2 is 1.78 bits per heavy atom. The van der Waals surface area contributed by atoms with Crippen molar-refractivity contribution in [3.05, 3.63) is 77.0 Å². The first-order valence-corrected chi connectivity index (χ1v) is 13.5. The van der Waals surface area contributed by atoms with Crippen molar-refractivity contribution in [3.63, 3.8) is 0 Å². The van der Waals surface area contributed by atoms with Crippen molar-refractivity contribution in [1.82, 2.24) is 9.29 Å². The number of hydrogen-bond donors (Lipinski definition) is 1. The van der Waals surface area contributed by atoms with E-state index < -0.39 is 39.8 Å². The van der Waals surface area contributed by atoms with Gasteiger partial charge in [-0.15, -0.1) is 0 Å². The number of para-hydroxylation sites is 1. The van der Waals surface area contributed by atoms with Crippen LogP contribution in [0.5, 0.6) is 0 Å². The maximum atomic E-state index is 13.9. The third-order valence-electron chi connectivity index (χ3n) is 6.09. The Labute approximate surface area is 217 Å². The molecule has 0 radical (unpaired) electrons. The van der Waals surface area contributed by atoms with Gasteiger partial charge in [0.15, 0.2) is 0 Å². The van der Waals surface area contributed by atoms with Crippen LogP contribution in [0.25, 0.3) is 10.9 Å². The predicted octanol–water partition coefficient (Wildman–Crippen LogP) is 4.72. The lowest BCUT2D eigenvalue weighted by molar-refractivity contribution is -0.139. The number of alkyl carbamates (subject to hydrolysis) is 1. The van der Waals surface area contributed by atoms with Crippen LogP contribution in [-0.2, 0) is 30.7 Å². The smallest absolute Gasteiger partial charge is 0.408 e. The van der Waals surface area contributed by atoms with Gasteiger partial charge >= 0.3 is 12.1 Å². The van der Waals surface area contributed by atoms with Gasteiger partial charge in [0.2, 0.25) is 0 Å². The van der Waals surface area contributed by atoms with Gasteiger partial charge in [0.05, 0.1) is 16.5 Å². The SMILES string of the molecule is Cc1cc(C)c(S(=O)(=O)n2cc(C[C@H](NC(=O)OC(C)(C)C)C3C=CC(=O)O3)c3ccccc32)c(C)c1. The summed E-state index contributed by atoms with van der Waals surface area (Å²) >= 11 is 0. The molecular formula is C28H32N2O6S. The number of carbonyl (C=O) groups excluding carboxylic acids is 2. The Kier molecular flexibility index (Phi) is 6.94. The van der Waals surface area contributed by atoms with Crippen LogP contribution in [0.2, 0.25) is 0 Å². The van der Waals surface area contributed by atoms with Crippen molar-refractivity contribution >= 4 is 33.0 Å². The van der Waals surface area contributed by atoms with E-state index in [2.05, 4.69) is 5.32 Å². The van der Waals surface area contributed by atoms with E-state index >= 15 is 0 Å². The number of aryl methyl sites for hydroxylation is 3. The van der Waals surface area contributed by atoms with E-state index in [9.17, 15) is 18.0 Å². The van der Waals surface area contributed by atoms with Gasteiger partial charge in [0.1, 0.15) is 11.7 Å². The zero-order valence-corrected chi connectivity index (χ0v) is 22.7. The second-order valence-electron chi connectivity index (χ2n) is 10.4. The highest BCUT2D eigenvalue weighted by atomic mass is 32.2. The first-order valence-electron chi connectivity index (χ1n) is 12.1. The van der Waals surface area contributed by atoms with Gasteiger partial charge in [-0.25, -0.2) is 22.0 Å². The summed E-state index contributed by atoms with van der Waals surface area (Å²) in [5.74, 6) is -0.503. The summed E-state index contributed by atoms with van der Waals surface area (Å²) in [7, 11) is -3.93. The van der Waals surface area contributed by atoms with Crippen molar-refractivity contribution in [1.29, 1.82) is 0 Å². The van der Waals surface area contributed by atoms with Crippen molar-refractivity contribution in [3.8, 4) is 0 Å². The van der Waals surface area contributed by atoms with Gasteiger partial charge in [-0.05, 0) is 76.8 Å². The fraction of sp³-hybridized carbons (Fsp3) is 0.357. The molecule has 196 valence electrons. The number of benzene rings is 2. The highest BCUT2D eigenvalue weighted by Gasteiger charge is 2.32. The molecule has 37 heavy (non-hydrogen) atoms. The van der Waals surface area contributed by atoms with Crippen LogP contribution in [0, 0.1) is 20.8 Å². The number of hydrogen-bond acceptors (Lipinski definition) is 6. The van der Waals surface area contributed by atoms with E-state index in [-0.39, 0.29) is 11.3 Å². The number of fused-ring (bicyclic) bond motifs is 1. The summed E-state index contributed by atoms with van der Waals surface area (Å²) in [4.78, 5) is 24.7. The molecule has 1 amide bonds. The molecule has 1 aliphatic heterocycles. The zero-order valence-electron chi connectivity index (χ0n) is 21.9. The number of amides is 1. The molecule has 3 aromatic rings. The molecule has 1 N–H and O–H groups in total. The Morgan fingerprint density at radius 1 is 1.14 bits per heavy atom. The average Bonchev–Trinajstić information content (AvgIpc) is 3.35. The van der Waals surface area contributed by atoms with Crippen LogP contribution >= 0.6 is 0 Å². The van der Waals surface area contributed by atoms with Gasteiger partial charge in [0.25, 0.3) is 10.0 Å². The fourth-order valence-electron chi connectivity index (χ4n) is 4.80. The van der Waals surface area contributed by atoms with E-state index in [0.717, 1.165) is 10.9 Å². The van der Waals surface area contributed by atoms with Crippen LogP contribution in [-0.4, -0.2) is 42.2 Å². The standard InChI is InChI=1S/C28H32N2O6S/c1-17-13-18(2)26(19(3)14-17)37(33,34)30-16-20(21-9-7-8-10-23(21)30)15-22(24-11-12-25(31)35-24)29-27(32)36-28(4,5)6/h7-14,16,22,24H,15H2,1-6H3,(H,29,32)/t22-,24?/m0/s1. The summed E-state index contributed by atoms with van der Waals surface area (Å²) in [6, 6.07) is 10.2. The summed E-state index contributed by atoms with van der Waals surface area (Å²) in [6.07, 6.45) is 3.31. The molecule has 0 saturated carbocycles. The Bertz CT molecular complexity index is 1490. The number of cyclic esters (lactones) is 1. The summed E-state index contributed by atoms with van der Waals surface area (Å²) < 4.78 is 39.9. The molecule has 2 heterocycles. The second kappa shape index (κ2) is 9.70. The number of aromatic nitrogens is 1. The van der Waals surface area contributed by atoms with Gasteiger partial charge < -0.3 is 14.8 Å². The molecule has 0 spiro atoms. The van der Waals surface area contributed by atoms with E-state index in [1.54, 1.807) is 59.0 Å². The second-order valence-corrected chi connectivity index (χ2v) is 12.2. The Balaban J connectivity index is 1.77. The first-order chi connectivity index (χ1) is 17.3. The number of nitrogens with zero attached hydrogens (tertiary/aromatic N) is 1. The molecule has 2 atom stereocenters. The molecular weight excluding hydrogens is 492 g/mol. The van der Waals surface area contributed by atoms with Crippen LogP contribution in [0.4, 0.5) is 4.79 Å². The highest BCUT2D eigenvalue weighted by Crippen LogP contribution is 2.31. The van der Waals surface area contributed by atoms with E-state index in [0.29, 0.717) is 22.2 Å². The number of ether oxygens (including phenoxy) is 2. The van der Waals surface area contributed by atoms with Crippen LogP contribution < -0.4 is 5.32 Å². The summed E-state index contributed by atoms with van der Waals surface area (Å²) in [6.45, 7) is 10.8. The van der Waals surface area contributed by atoms with Crippen LogP contribution in [0.15, 0.2) is 59.6 Å². The zero-order chi connectivity index (χ0) is 27.1. The van der Waals surface area contributed by atoms with Crippen molar-refractivity contribution < 1.29 is 27.5 Å². The average molecular weight is 525 g/mol. The molecule has 0 saturated heterocycles. The van der Waals surface area contributed by atoms with E-state index in [1.807, 2.05) is 31.2 Å². The number of carbonyl (C=O) groups is 2. The molecule has 1 unspecified atom stereocenters. The quantitative estimate of drug-likeness (QED) is 0.468. The maximum Gasteiger partial charge on any atom is 0.408 e. The summed E-state index contributed by atoms with van der Waals surface area (Å²) in [5, 5.41) is 3.53. The minimum atomic E-state index is -3.93. The minimum Gasteiger partial charge on any atom is -0.453 e. The van der Waals surface area contributed by atoms with Crippen molar-refractivity contribution in [2.24, 2.45) is 0 Å². The van der Waals surface area contributed by atoms with Gasteiger partial charge in [-0.1, -0.05) is 35.9 Å². The van der Waals surface area contributed by atoms with Crippen molar-refractivity contribution in [2.45, 2.75) is 70.6 Å². The lowest BCUT2D eigenvalue weighted by Gasteiger charge is -2.26. The van der Waals surface area contributed by atoms with Gasteiger partial charge in [-0.2, -0.15) is 0 Å². The molecule has 2 aromatic carbocycles. The molecule has 8 nitrogen and oxygen atoms in total. The fourth-order valence-corrected chi connectivity index (χ4v) is 6.61. The lowest BCUT2D eigenvalue weighted by Crippen LogP contribution is -2.46. The molecule has 9 heteroatoms. The topological polar surface area (TPSA) is 104 Å². The first kappa shape index (κ1) is 26.5. The maximum absolute atomic E-state index is 13.9. The predicted molar refractivity (Wildman–Crippen MR) is 141 cm³/mol. The Hall–Kier alpha value is -3.59. The van der Waals surface area contributed by atoms with Gasteiger partial charge in [-0.3, -0.25) is 0 Å². The minimum absolute atomic E-state index is 0.205. The highest BCUT2D eigenvalue weighted by molar-refractivity contribution is 7.90. The molecule has 4 rings (SSSR count). The normalized spacial score (nSPS) is 16.6. The van der Waals surface area contributed by atoms with Crippen molar-refractivity contribution in [2.75, 3.05) is 0 Å². The molecule has 1 aromatic heterocycles. The number of rotatable bonds is 6. The Morgan fingerprint density at radius 3 is 2.38 bits per heavy atom. The third kappa shape index (κ3) is 5.56. The molecule has 0 fully saturated rings. The largest absolute Gasteiger partial charge is 0.453 e. The van der Waals surface area contributed by atoms with Gasteiger partial charge in [0, 0.05) is 17.7 Å². The molecule has 0 aliphatic carbocycles.